The number of benzene rings is 1. The second-order valence-electron chi connectivity index (χ2n) is 5.51. The van der Waals surface area contributed by atoms with Crippen LogP contribution in [0.5, 0.6) is 0 Å². The van der Waals surface area contributed by atoms with Gasteiger partial charge in [0, 0.05) is 23.7 Å². The summed E-state index contributed by atoms with van der Waals surface area (Å²) in [6.45, 7) is 0.849. The first-order chi connectivity index (χ1) is 9.08. The van der Waals surface area contributed by atoms with E-state index >= 15 is 0 Å². The van der Waals surface area contributed by atoms with E-state index in [1.807, 2.05) is 0 Å². The van der Waals surface area contributed by atoms with Crippen LogP contribution in [-0.4, -0.2) is 23.5 Å². The van der Waals surface area contributed by atoms with Gasteiger partial charge in [-0.25, -0.2) is 13.2 Å². The summed E-state index contributed by atoms with van der Waals surface area (Å²) in [5, 5.41) is 0. The highest BCUT2D eigenvalue weighted by Gasteiger charge is 2.40. The van der Waals surface area contributed by atoms with Crippen LogP contribution < -0.4 is 5.73 Å². The van der Waals surface area contributed by atoms with Gasteiger partial charge in [0.05, 0.1) is 6.04 Å². The molecule has 0 bridgehead atoms. The molecule has 104 valence electrons. The molecule has 3 rings (SSSR count). The zero-order chi connectivity index (χ0) is 13.6. The molecule has 0 amide bonds. The lowest BCUT2D eigenvalue weighted by molar-refractivity contribution is 0.116. The van der Waals surface area contributed by atoms with Crippen LogP contribution in [0.2, 0.25) is 0 Å². The lowest BCUT2D eigenvalue weighted by Crippen LogP contribution is -2.47. The molecule has 1 saturated carbocycles. The van der Waals surface area contributed by atoms with E-state index in [4.69, 9.17) is 5.73 Å². The van der Waals surface area contributed by atoms with Gasteiger partial charge in [-0.2, -0.15) is 0 Å². The molecule has 2 nitrogen and oxygen atoms in total. The Morgan fingerprint density at radius 2 is 1.68 bits per heavy atom. The summed E-state index contributed by atoms with van der Waals surface area (Å²) in [7, 11) is 0. The molecular formula is C14H17F3N2. The molecule has 1 heterocycles. The lowest BCUT2D eigenvalue weighted by atomic mass is 9.90. The monoisotopic (exact) mass is 270 g/mol. The van der Waals surface area contributed by atoms with Gasteiger partial charge in [0.15, 0.2) is 11.6 Å². The molecule has 1 aliphatic heterocycles. The number of rotatable bonds is 2. The predicted molar refractivity (Wildman–Crippen MR) is 66.0 cm³/mol. The minimum atomic E-state index is -1.15. The van der Waals surface area contributed by atoms with Crippen LogP contribution in [0.1, 0.15) is 37.3 Å². The van der Waals surface area contributed by atoms with Gasteiger partial charge < -0.3 is 5.73 Å². The van der Waals surface area contributed by atoms with Crippen LogP contribution in [0.3, 0.4) is 0 Å². The fourth-order valence-electron chi connectivity index (χ4n) is 3.04. The van der Waals surface area contributed by atoms with Gasteiger partial charge in [-0.3, -0.25) is 4.90 Å². The highest BCUT2D eigenvalue weighted by molar-refractivity contribution is 5.26. The fourth-order valence-corrected chi connectivity index (χ4v) is 3.04. The molecule has 5 heteroatoms. The second kappa shape index (κ2) is 4.80. The van der Waals surface area contributed by atoms with Crippen molar-refractivity contribution >= 4 is 0 Å². The number of nitrogens with two attached hydrogens (primary N) is 1. The minimum Gasteiger partial charge on any atom is -0.326 e. The molecule has 2 aliphatic rings. The van der Waals surface area contributed by atoms with Crippen molar-refractivity contribution in [3.8, 4) is 0 Å². The van der Waals surface area contributed by atoms with Gasteiger partial charge in [-0.1, -0.05) is 0 Å². The molecule has 2 unspecified atom stereocenters. The highest BCUT2D eigenvalue weighted by atomic mass is 19.2. The topological polar surface area (TPSA) is 29.3 Å². The molecule has 1 aromatic rings. The smallest absolute Gasteiger partial charge is 0.161 e. The van der Waals surface area contributed by atoms with Crippen LogP contribution in [0.4, 0.5) is 13.2 Å². The van der Waals surface area contributed by atoms with Crippen molar-refractivity contribution in [3.05, 3.63) is 35.1 Å². The molecular weight excluding hydrogens is 253 g/mol. The Morgan fingerprint density at radius 1 is 1.00 bits per heavy atom. The molecule has 0 aromatic heterocycles. The van der Waals surface area contributed by atoms with Crippen LogP contribution in [0, 0.1) is 17.5 Å². The van der Waals surface area contributed by atoms with Crippen LogP contribution in [-0.2, 0) is 0 Å². The van der Waals surface area contributed by atoms with Crippen molar-refractivity contribution in [1.29, 1.82) is 0 Å². The first-order valence-electron chi connectivity index (χ1n) is 6.73. The molecule has 0 spiro atoms. The predicted octanol–water partition coefficient (Wildman–Crippen LogP) is 2.73. The zero-order valence-electron chi connectivity index (χ0n) is 10.6. The van der Waals surface area contributed by atoms with Crippen molar-refractivity contribution in [2.45, 2.75) is 43.8 Å². The van der Waals surface area contributed by atoms with Crippen molar-refractivity contribution in [1.82, 2.24) is 4.90 Å². The van der Waals surface area contributed by atoms with Gasteiger partial charge in [-0.15, -0.1) is 0 Å². The van der Waals surface area contributed by atoms with E-state index in [0.717, 1.165) is 38.3 Å². The lowest BCUT2D eigenvalue weighted by Gasteiger charge is -2.40. The van der Waals surface area contributed by atoms with Gasteiger partial charge in [0.25, 0.3) is 0 Å². The van der Waals surface area contributed by atoms with E-state index in [1.54, 1.807) is 0 Å². The van der Waals surface area contributed by atoms with Gasteiger partial charge in [0.1, 0.15) is 5.82 Å². The number of hydrogen-bond acceptors (Lipinski definition) is 2. The molecule has 19 heavy (non-hydrogen) atoms. The number of halogens is 3. The molecule has 1 aromatic carbocycles. The van der Waals surface area contributed by atoms with Crippen molar-refractivity contribution in [2.75, 3.05) is 6.54 Å². The Hall–Kier alpha value is -1.07. The number of hydrogen-bond donors (Lipinski definition) is 1. The minimum absolute atomic E-state index is 0.193. The van der Waals surface area contributed by atoms with E-state index < -0.39 is 17.5 Å². The Morgan fingerprint density at radius 3 is 2.37 bits per heavy atom. The average molecular weight is 270 g/mol. The van der Waals surface area contributed by atoms with Gasteiger partial charge in [0.2, 0.25) is 0 Å². The number of likely N-dealkylation sites (tertiary alicyclic amines) is 1. The molecule has 1 saturated heterocycles. The summed E-state index contributed by atoms with van der Waals surface area (Å²) < 4.78 is 40.4. The third-order valence-electron chi connectivity index (χ3n) is 4.09. The van der Waals surface area contributed by atoms with Crippen molar-refractivity contribution in [3.63, 3.8) is 0 Å². The molecule has 2 atom stereocenters. The largest absolute Gasteiger partial charge is 0.326 e. The maximum absolute atomic E-state index is 14.0. The molecule has 1 aliphatic carbocycles. The van der Waals surface area contributed by atoms with E-state index in [0.29, 0.717) is 12.1 Å². The third-order valence-corrected chi connectivity index (χ3v) is 4.09. The van der Waals surface area contributed by atoms with Crippen molar-refractivity contribution < 1.29 is 13.2 Å². The van der Waals surface area contributed by atoms with Crippen LogP contribution in [0.15, 0.2) is 12.1 Å². The first-order valence-corrected chi connectivity index (χ1v) is 6.73. The zero-order valence-corrected chi connectivity index (χ0v) is 10.6. The summed E-state index contributed by atoms with van der Waals surface area (Å²) >= 11 is 0. The Labute approximate surface area is 110 Å². The van der Waals surface area contributed by atoms with Crippen molar-refractivity contribution in [2.24, 2.45) is 5.73 Å². The average Bonchev–Trinajstić information content (AvgIpc) is 3.18. The normalized spacial score (nSPS) is 28.6. The number of piperidine rings is 1. The summed E-state index contributed by atoms with van der Waals surface area (Å²) in [4.78, 5) is 2.16. The summed E-state index contributed by atoms with van der Waals surface area (Å²) in [6.07, 6.45) is 3.91. The van der Waals surface area contributed by atoms with E-state index in [9.17, 15) is 13.2 Å². The molecule has 2 N–H and O–H groups in total. The van der Waals surface area contributed by atoms with E-state index in [2.05, 4.69) is 4.90 Å². The third kappa shape index (κ3) is 2.37. The van der Waals surface area contributed by atoms with Gasteiger partial charge in [-0.05, 0) is 38.3 Å². The summed E-state index contributed by atoms with van der Waals surface area (Å²) in [5.41, 5.74) is 6.29. The summed E-state index contributed by atoms with van der Waals surface area (Å²) in [6, 6.07) is 1.45. The Bertz CT molecular complexity index is 488. The molecule has 0 radical (unpaired) electrons. The quantitative estimate of drug-likeness (QED) is 0.837. The molecule has 2 fully saturated rings. The van der Waals surface area contributed by atoms with E-state index in [1.165, 1.54) is 0 Å². The summed E-state index contributed by atoms with van der Waals surface area (Å²) in [5.74, 6) is -2.86. The fraction of sp³-hybridized carbons (Fsp3) is 0.571. The van der Waals surface area contributed by atoms with Crippen LogP contribution in [0.25, 0.3) is 0 Å². The Balaban J connectivity index is 1.99. The Kier molecular flexibility index (Phi) is 3.27. The maximum Gasteiger partial charge on any atom is 0.161 e. The SMILES string of the molecule is NC1CCCN(C2CC2)C1c1cc(F)c(F)cc1F. The van der Waals surface area contributed by atoms with E-state index in [-0.39, 0.29) is 17.6 Å². The second-order valence-corrected chi connectivity index (χ2v) is 5.51. The first kappa shape index (κ1) is 12.9. The number of nitrogens with zero attached hydrogens (tertiary/aromatic N) is 1. The highest BCUT2D eigenvalue weighted by Crippen LogP contribution is 2.40. The van der Waals surface area contributed by atoms with Crippen LogP contribution >= 0.6 is 0 Å². The standard InChI is InChI=1S/C14H17F3N2/c15-10-7-12(17)11(16)6-9(10)14-13(18)2-1-5-19(14)8-3-4-8/h6-8,13-14H,1-5,18H2. The maximum atomic E-state index is 14.0. The van der Waals surface area contributed by atoms with Gasteiger partial charge >= 0.3 is 0 Å².